The van der Waals surface area contributed by atoms with Gasteiger partial charge in [-0.15, -0.1) is 0 Å². The maximum Gasteiger partial charge on any atom is 0.323 e. The van der Waals surface area contributed by atoms with Crippen LogP contribution in [0.3, 0.4) is 0 Å². The number of ether oxygens (including phenoxy) is 1. The molecular weight excluding hydrogens is 468 g/mol. The number of carbonyl (C=O) groups is 1. The number of morpholine rings is 1. The van der Waals surface area contributed by atoms with Gasteiger partial charge in [0.05, 0.1) is 41.2 Å². The molecule has 2 saturated heterocycles. The number of fused-ring (bicyclic) bond motifs is 3. The number of amides is 2. The predicted octanol–water partition coefficient (Wildman–Crippen LogP) is 4.65. The average Bonchev–Trinajstić information content (AvgIpc) is 3.47. The summed E-state index contributed by atoms with van der Waals surface area (Å²) in [7, 11) is 0. The van der Waals surface area contributed by atoms with Crippen molar-refractivity contribution in [3.63, 3.8) is 0 Å². The number of pyridine rings is 1. The Labute approximate surface area is 215 Å². The molecule has 1 aromatic carbocycles. The van der Waals surface area contributed by atoms with Crippen LogP contribution in [0.1, 0.15) is 33.6 Å². The van der Waals surface area contributed by atoms with Gasteiger partial charge in [0.15, 0.2) is 11.5 Å². The van der Waals surface area contributed by atoms with E-state index in [1.165, 1.54) is 0 Å². The second-order valence-electron chi connectivity index (χ2n) is 10.6. The molecule has 10 heteroatoms. The summed E-state index contributed by atoms with van der Waals surface area (Å²) in [5.41, 5.74) is 2.72. The van der Waals surface area contributed by atoms with Gasteiger partial charge in [-0.25, -0.2) is 19.4 Å². The van der Waals surface area contributed by atoms with Crippen molar-refractivity contribution >= 4 is 34.3 Å². The third-order valence-corrected chi connectivity index (χ3v) is 6.71. The molecule has 6 rings (SSSR count). The molecule has 2 amide bonds. The Morgan fingerprint density at radius 1 is 0.973 bits per heavy atom. The van der Waals surface area contributed by atoms with Crippen LogP contribution < -0.4 is 15.5 Å². The summed E-state index contributed by atoms with van der Waals surface area (Å²) in [6.45, 7) is 7.99. The molecule has 2 bridgehead atoms. The lowest BCUT2D eigenvalue weighted by molar-refractivity contribution is 0.0303. The molecule has 2 N–H and O–H groups in total. The Morgan fingerprint density at radius 3 is 2.38 bits per heavy atom. The third-order valence-electron chi connectivity index (χ3n) is 6.71. The van der Waals surface area contributed by atoms with E-state index in [9.17, 15) is 4.79 Å². The summed E-state index contributed by atoms with van der Waals surface area (Å²) in [6.07, 6.45) is 7.80. The van der Waals surface area contributed by atoms with Crippen LogP contribution in [0, 0.1) is 0 Å². The fraction of sp³-hybridized carbons (Fsp3) is 0.370. The minimum Gasteiger partial charge on any atom is -0.371 e. The fourth-order valence-corrected chi connectivity index (χ4v) is 4.97. The van der Waals surface area contributed by atoms with Crippen molar-refractivity contribution in [3.8, 4) is 11.4 Å². The van der Waals surface area contributed by atoms with Gasteiger partial charge in [0, 0.05) is 30.5 Å². The molecule has 0 radical (unpaired) electrons. The lowest BCUT2D eigenvalue weighted by Gasteiger charge is -2.33. The van der Waals surface area contributed by atoms with E-state index in [2.05, 4.69) is 46.4 Å². The standard InChI is InChI=1S/C27H30N8O2/c1-27(2,3)35-25-22(14-29-35)24(34-15-20-10-11-21(16-34)37-20)32-23(33-25)17-6-8-18(9-7-17)30-26(36)31-19-5-4-12-28-13-19/h4-9,12-14,20-21H,10-11,15-16H2,1-3H3,(H2,30,31,36). The zero-order valence-electron chi connectivity index (χ0n) is 21.2. The highest BCUT2D eigenvalue weighted by atomic mass is 16.5. The first-order valence-corrected chi connectivity index (χ1v) is 12.6. The van der Waals surface area contributed by atoms with Crippen molar-refractivity contribution in [1.82, 2.24) is 24.7 Å². The van der Waals surface area contributed by atoms with Crippen LogP contribution in [-0.4, -0.2) is 56.1 Å². The lowest BCUT2D eigenvalue weighted by atomic mass is 10.1. The minimum atomic E-state index is -0.336. The quantitative estimate of drug-likeness (QED) is 0.421. The maximum atomic E-state index is 12.4. The molecule has 2 atom stereocenters. The molecule has 0 saturated carbocycles. The maximum absolute atomic E-state index is 12.4. The number of nitrogens with one attached hydrogen (secondary N) is 2. The smallest absolute Gasteiger partial charge is 0.323 e. The highest BCUT2D eigenvalue weighted by Crippen LogP contribution is 2.34. The number of hydrogen-bond acceptors (Lipinski definition) is 7. The van der Waals surface area contributed by atoms with Crippen molar-refractivity contribution in [2.24, 2.45) is 0 Å². The molecule has 0 spiro atoms. The van der Waals surface area contributed by atoms with Gasteiger partial charge >= 0.3 is 6.03 Å². The van der Waals surface area contributed by atoms with Crippen molar-refractivity contribution in [2.75, 3.05) is 28.6 Å². The van der Waals surface area contributed by atoms with Crippen molar-refractivity contribution < 1.29 is 9.53 Å². The summed E-state index contributed by atoms with van der Waals surface area (Å²) in [4.78, 5) is 28.7. The minimum absolute atomic E-state index is 0.232. The average molecular weight is 499 g/mol. The van der Waals surface area contributed by atoms with Crippen LogP contribution in [0.2, 0.25) is 0 Å². The topological polar surface area (TPSA) is 110 Å². The summed E-state index contributed by atoms with van der Waals surface area (Å²) in [5.74, 6) is 1.52. The molecule has 4 aromatic rings. The molecule has 3 aromatic heterocycles. The van der Waals surface area contributed by atoms with Gasteiger partial charge in [-0.05, 0) is 70.0 Å². The zero-order valence-corrected chi connectivity index (χ0v) is 21.2. The normalized spacial score (nSPS) is 19.3. The molecule has 5 heterocycles. The first kappa shape index (κ1) is 23.4. The van der Waals surface area contributed by atoms with E-state index in [-0.39, 0.29) is 23.8 Å². The Hall–Kier alpha value is -4.05. The van der Waals surface area contributed by atoms with Crippen LogP contribution >= 0.6 is 0 Å². The van der Waals surface area contributed by atoms with Gasteiger partial charge < -0.3 is 20.3 Å². The molecule has 2 fully saturated rings. The lowest BCUT2D eigenvalue weighted by Crippen LogP contribution is -2.43. The Bertz CT molecular complexity index is 1420. The van der Waals surface area contributed by atoms with Gasteiger partial charge in [0.25, 0.3) is 0 Å². The van der Waals surface area contributed by atoms with Crippen LogP contribution in [0.4, 0.5) is 22.0 Å². The molecule has 2 unspecified atom stereocenters. The molecular formula is C27H30N8O2. The molecule has 2 aliphatic rings. The van der Waals surface area contributed by atoms with E-state index in [4.69, 9.17) is 14.7 Å². The van der Waals surface area contributed by atoms with E-state index < -0.39 is 0 Å². The zero-order chi connectivity index (χ0) is 25.6. The molecule has 10 nitrogen and oxygen atoms in total. The number of urea groups is 1. The van der Waals surface area contributed by atoms with E-state index in [0.717, 1.165) is 48.3 Å². The number of nitrogens with zero attached hydrogens (tertiary/aromatic N) is 6. The molecule has 190 valence electrons. The number of rotatable bonds is 4. The molecule has 0 aliphatic carbocycles. The van der Waals surface area contributed by atoms with Crippen LogP contribution in [-0.2, 0) is 10.3 Å². The second kappa shape index (κ2) is 9.11. The first-order chi connectivity index (χ1) is 17.8. The van der Waals surface area contributed by atoms with Gasteiger partial charge in [0.1, 0.15) is 5.82 Å². The van der Waals surface area contributed by atoms with Crippen LogP contribution in [0.15, 0.2) is 55.0 Å². The number of aromatic nitrogens is 5. The number of carbonyl (C=O) groups excluding carboxylic acids is 1. The van der Waals surface area contributed by atoms with Gasteiger partial charge in [-0.2, -0.15) is 5.10 Å². The summed E-state index contributed by atoms with van der Waals surface area (Å²) < 4.78 is 8.03. The number of benzene rings is 1. The predicted molar refractivity (Wildman–Crippen MR) is 143 cm³/mol. The monoisotopic (exact) mass is 498 g/mol. The van der Waals surface area contributed by atoms with E-state index in [0.29, 0.717) is 17.2 Å². The SMILES string of the molecule is CC(C)(C)n1ncc2c(N3CC4CCC(C3)O4)nc(-c3ccc(NC(=O)Nc4cccnc4)cc3)nc21. The Kier molecular flexibility index (Phi) is 5.75. The summed E-state index contributed by atoms with van der Waals surface area (Å²) >= 11 is 0. The highest BCUT2D eigenvalue weighted by Gasteiger charge is 2.35. The van der Waals surface area contributed by atoms with E-state index in [1.54, 1.807) is 24.5 Å². The summed E-state index contributed by atoms with van der Waals surface area (Å²) in [5, 5.41) is 11.3. The highest BCUT2D eigenvalue weighted by molar-refractivity contribution is 5.99. The largest absolute Gasteiger partial charge is 0.371 e. The Balaban J connectivity index is 1.31. The third kappa shape index (κ3) is 4.72. The second-order valence-corrected chi connectivity index (χ2v) is 10.6. The first-order valence-electron chi connectivity index (χ1n) is 12.6. The van der Waals surface area contributed by atoms with Gasteiger partial charge in [-0.1, -0.05) is 0 Å². The number of hydrogen-bond donors (Lipinski definition) is 2. The van der Waals surface area contributed by atoms with E-state index >= 15 is 0 Å². The van der Waals surface area contributed by atoms with Crippen molar-refractivity contribution in [2.45, 2.75) is 51.4 Å². The molecule has 37 heavy (non-hydrogen) atoms. The molecule has 2 aliphatic heterocycles. The fourth-order valence-electron chi connectivity index (χ4n) is 4.97. The number of anilines is 3. The van der Waals surface area contributed by atoms with Crippen molar-refractivity contribution in [1.29, 1.82) is 0 Å². The van der Waals surface area contributed by atoms with Gasteiger partial charge in [-0.3, -0.25) is 4.98 Å². The van der Waals surface area contributed by atoms with Gasteiger partial charge in [0.2, 0.25) is 0 Å². The summed E-state index contributed by atoms with van der Waals surface area (Å²) in [6, 6.07) is 10.8. The van der Waals surface area contributed by atoms with E-state index in [1.807, 2.05) is 35.1 Å². The van der Waals surface area contributed by atoms with Crippen LogP contribution in [0.25, 0.3) is 22.4 Å². The van der Waals surface area contributed by atoms with Crippen molar-refractivity contribution in [3.05, 3.63) is 55.0 Å². The van der Waals surface area contributed by atoms with Crippen LogP contribution in [0.5, 0.6) is 0 Å². The Morgan fingerprint density at radius 2 is 1.70 bits per heavy atom.